The summed E-state index contributed by atoms with van der Waals surface area (Å²) in [6.45, 7) is 2.56. The lowest BCUT2D eigenvalue weighted by molar-refractivity contribution is 0.0955. The van der Waals surface area contributed by atoms with Gasteiger partial charge in [-0.3, -0.25) is 9.78 Å². The van der Waals surface area contributed by atoms with E-state index in [0.717, 1.165) is 28.9 Å². The van der Waals surface area contributed by atoms with E-state index in [2.05, 4.69) is 32.7 Å². The van der Waals surface area contributed by atoms with Crippen LogP contribution in [0.3, 0.4) is 0 Å². The highest BCUT2D eigenvalue weighted by atomic mass is 16.1. The summed E-state index contributed by atoms with van der Waals surface area (Å²) >= 11 is 0. The van der Waals surface area contributed by atoms with Gasteiger partial charge >= 0.3 is 0 Å². The van der Waals surface area contributed by atoms with Gasteiger partial charge in [0.05, 0.1) is 23.1 Å². The number of aromatic amines is 1. The number of aryl methyl sites for hydroxylation is 1. The van der Waals surface area contributed by atoms with Gasteiger partial charge in [-0.05, 0) is 48.7 Å². The molecule has 0 aliphatic rings. The van der Waals surface area contributed by atoms with Crippen molar-refractivity contribution in [2.75, 3.05) is 11.9 Å². The maximum atomic E-state index is 12.7. The summed E-state index contributed by atoms with van der Waals surface area (Å²) in [5.41, 5.74) is 5.62. The van der Waals surface area contributed by atoms with Crippen molar-refractivity contribution in [2.24, 2.45) is 0 Å². The molecule has 2 aromatic heterocycles. The number of amides is 1. The van der Waals surface area contributed by atoms with E-state index in [1.807, 2.05) is 55.6 Å². The predicted octanol–water partition coefficient (Wildman–Crippen LogP) is 4.59. The monoisotopic (exact) mass is 370 g/mol. The van der Waals surface area contributed by atoms with E-state index in [1.54, 1.807) is 12.4 Å². The van der Waals surface area contributed by atoms with E-state index in [0.29, 0.717) is 12.1 Å². The number of anilines is 2. The molecule has 2 heterocycles. The molecule has 140 valence electrons. The molecule has 5 nitrogen and oxygen atoms in total. The molecular weight excluding hydrogens is 348 g/mol. The van der Waals surface area contributed by atoms with Crippen LogP contribution in [0, 0.1) is 6.92 Å². The van der Waals surface area contributed by atoms with Crippen molar-refractivity contribution in [3.05, 3.63) is 89.9 Å². The zero-order valence-electron chi connectivity index (χ0n) is 15.7. The van der Waals surface area contributed by atoms with Crippen molar-refractivity contribution in [3.63, 3.8) is 0 Å². The number of rotatable bonds is 6. The van der Waals surface area contributed by atoms with Gasteiger partial charge in [0.1, 0.15) is 0 Å². The van der Waals surface area contributed by atoms with E-state index < -0.39 is 0 Å². The number of carbonyl (C=O) groups excluding carboxylic acids is 1. The van der Waals surface area contributed by atoms with Crippen molar-refractivity contribution in [3.8, 4) is 0 Å². The molecule has 0 spiro atoms. The van der Waals surface area contributed by atoms with E-state index in [1.165, 1.54) is 10.9 Å². The highest BCUT2D eigenvalue weighted by molar-refractivity contribution is 6.00. The maximum Gasteiger partial charge on any atom is 0.253 e. The number of aromatic nitrogens is 2. The Morgan fingerprint density at radius 2 is 1.89 bits per heavy atom. The van der Waals surface area contributed by atoms with Crippen LogP contribution in [0.2, 0.25) is 0 Å². The minimum atomic E-state index is -0.0939. The van der Waals surface area contributed by atoms with Gasteiger partial charge in [0.15, 0.2) is 0 Å². The van der Waals surface area contributed by atoms with Crippen LogP contribution in [0.15, 0.2) is 73.2 Å². The number of hydrogen-bond donors (Lipinski definition) is 3. The SMILES string of the molecule is Cc1cncc(Nc2ccccc2C(=O)NCCc2c[nH]c3ccccc23)c1. The Labute approximate surface area is 163 Å². The van der Waals surface area contributed by atoms with Crippen LogP contribution in [-0.4, -0.2) is 22.4 Å². The van der Waals surface area contributed by atoms with Crippen LogP contribution in [0.5, 0.6) is 0 Å². The van der Waals surface area contributed by atoms with E-state index >= 15 is 0 Å². The Kier molecular flexibility index (Phi) is 5.06. The highest BCUT2D eigenvalue weighted by Gasteiger charge is 2.11. The van der Waals surface area contributed by atoms with Gasteiger partial charge in [0, 0.05) is 29.8 Å². The molecule has 4 aromatic rings. The van der Waals surface area contributed by atoms with Crippen molar-refractivity contribution < 1.29 is 4.79 Å². The Hall–Kier alpha value is -3.60. The van der Waals surface area contributed by atoms with Crippen molar-refractivity contribution in [1.82, 2.24) is 15.3 Å². The van der Waals surface area contributed by atoms with Crippen LogP contribution in [0.25, 0.3) is 10.9 Å². The van der Waals surface area contributed by atoms with Gasteiger partial charge in [-0.2, -0.15) is 0 Å². The average molecular weight is 370 g/mol. The molecule has 28 heavy (non-hydrogen) atoms. The molecule has 0 radical (unpaired) electrons. The summed E-state index contributed by atoms with van der Waals surface area (Å²) < 4.78 is 0. The first-order valence-corrected chi connectivity index (χ1v) is 9.31. The molecule has 0 unspecified atom stereocenters. The summed E-state index contributed by atoms with van der Waals surface area (Å²) in [6, 6.07) is 17.7. The molecule has 0 saturated carbocycles. The molecule has 5 heteroatoms. The summed E-state index contributed by atoms with van der Waals surface area (Å²) in [4.78, 5) is 20.2. The topological polar surface area (TPSA) is 69.8 Å². The minimum Gasteiger partial charge on any atom is -0.361 e. The van der Waals surface area contributed by atoms with Gasteiger partial charge in [-0.15, -0.1) is 0 Å². The second-order valence-corrected chi connectivity index (χ2v) is 6.79. The molecule has 0 fully saturated rings. The number of H-pyrrole nitrogens is 1. The lowest BCUT2D eigenvalue weighted by atomic mass is 10.1. The van der Waals surface area contributed by atoms with Crippen LogP contribution >= 0.6 is 0 Å². The summed E-state index contributed by atoms with van der Waals surface area (Å²) in [5.74, 6) is -0.0939. The average Bonchev–Trinajstić information content (AvgIpc) is 3.12. The highest BCUT2D eigenvalue weighted by Crippen LogP contribution is 2.21. The molecular formula is C23H22N4O. The second kappa shape index (κ2) is 7.96. The molecule has 3 N–H and O–H groups in total. The fraction of sp³-hybridized carbons (Fsp3) is 0.130. The quantitative estimate of drug-likeness (QED) is 0.465. The molecule has 2 aromatic carbocycles. The molecule has 0 saturated heterocycles. The molecule has 4 rings (SSSR count). The lowest BCUT2D eigenvalue weighted by Crippen LogP contribution is -2.26. The largest absolute Gasteiger partial charge is 0.361 e. The van der Waals surface area contributed by atoms with Gasteiger partial charge in [0.2, 0.25) is 0 Å². The number of para-hydroxylation sites is 2. The van der Waals surface area contributed by atoms with Crippen molar-refractivity contribution in [1.29, 1.82) is 0 Å². The van der Waals surface area contributed by atoms with Crippen molar-refractivity contribution >= 4 is 28.2 Å². The number of nitrogens with one attached hydrogen (secondary N) is 3. The third-order valence-electron chi connectivity index (χ3n) is 4.68. The number of hydrogen-bond acceptors (Lipinski definition) is 3. The zero-order chi connectivity index (χ0) is 19.3. The first kappa shape index (κ1) is 17.8. The third kappa shape index (κ3) is 3.88. The zero-order valence-corrected chi connectivity index (χ0v) is 15.7. The second-order valence-electron chi connectivity index (χ2n) is 6.79. The van der Waals surface area contributed by atoms with Crippen LogP contribution in [0.4, 0.5) is 11.4 Å². The molecule has 0 aliphatic heterocycles. The van der Waals surface area contributed by atoms with Crippen LogP contribution in [-0.2, 0) is 6.42 Å². The van der Waals surface area contributed by atoms with Gasteiger partial charge in [-0.1, -0.05) is 30.3 Å². The van der Waals surface area contributed by atoms with E-state index in [4.69, 9.17) is 0 Å². The minimum absolute atomic E-state index is 0.0939. The molecule has 0 aliphatic carbocycles. The smallest absolute Gasteiger partial charge is 0.253 e. The molecule has 1 amide bonds. The number of fused-ring (bicyclic) bond motifs is 1. The van der Waals surface area contributed by atoms with E-state index in [-0.39, 0.29) is 5.91 Å². The fourth-order valence-electron chi connectivity index (χ4n) is 3.31. The normalized spacial score (nSPS) is 10.8. The van der Waals surface area contributed by atoms with Crippen LogP contribution < -0.4 is 10.6 Å². The number of benzene rings is 2. The summed E-state index contributed by atoms with van der Waals surface area (Å²) in [7, 11) is 0. The predicted molar refractivity (Wildman–Crippen MR) is 113 cm³/mol. The van der Waals surface area contributed by atoms with E-state index in [9.17, 15) is 4.79 Å². The third-order valence-corrected chi connectivity index (χ3v) is 4.68. The standard InChI is InChI=1S/C23H22N4O/c1-16-12-18(15-24-13-16)27-22-9-5-3-7-20(22)23(28)25-11-10-17-14-26-21-8-4-2-6-19(17)21/h2-9,12-15,26-27H,10-11H2,1H3,(H,25,28). The molecule has 0 atom stereocenters. The molecule has 0 bridgehead atoms. The summed E-state index contributed by atoms with van der Waals surface area (Å²) in [5, 5.41) is 7.52. The Morgan fingerprint density at radius 3 is 2.79 bits per heavy atom. The van der Waals surface area contributed by atoms with Crippen LogP contribution in [0.1, 0.15) is 21.5 Å². The maximum absolute atomic E-state index is 12.7. The number of carbonyl (C=O) groups is 1. The Morgan fingerprint density at radius 1 is 1.07 bits per heavy atom. The number of nitrogens with zero attached hydrogens (tertiary/aromatic N) is 1. The van der Waals surface area contributed by atoms with Crippen molar-refractivity contribution in [2.45, 2.75) is 13.3 Å². The lowest BCUT2D eigenvalue weighted by Gasteiger charge is -2.12. The number of pyridine rings is 1. The summed E-state index contributed by atoms with van der Waals surface area (Å²) in [6.07, 6.45) is 6.33. The van der Waals surface area contributed by atoms with Gasteiger partial charge in [-0.25, -0.2) is 0 Å². The Bertz CT molecular complexity index is 1120. The Balaban J connectivity index is 1.43. The first-order chi connectivity index (χ1) is 13.7. The van der Waals surface area contributed by atoms with Gasteiger partial charge < -0.3 is 15.6 Å². The van der Waals surface area contributed by atoms with Gasteiger partial charge in [0.25, 0.3) is 5.91 Å². The fourth-order valence-corrected chi connectivity index (χ4v) is 3.31. The first-order valence-electron chi connectivity index (χ1n) is 9.31.